The molecule has 0 aliphatic carbocycles. The van der Waals surface area contributed by atoms with Crippen molar-refractivity contribution in [3.05, 3.63) is 59.9 Å². The second kappa shape index (κ2) is 6.37. The van der Waals surface area contributed by atoms with Crippen molar-refractivity contribution in [2.24, 2.45) is 0 Å². The Morgan fingerprint density at radius 2 is 1.92 bits per heavy atom. The summed E-state index contributed by atoms with van der Waals surface area (Å²) in [6.45, 7) is 0. The maximum atomic E-state index is 13.1. The molecule has 2 aromatic heterocycles. The Kier molecular flexibility index (Phi) is 4.27. The molecule has 4 nitrogen and oxygen atoms in total. The number of fused-ring (bicyclic) bond motifs is 1. The maximum Gasteiger partial charge on any atom is 0.417 e. The van der Waals surface area contributed by atoms with Crippen LogP contribution in [0.1, 0.15) is 11.1 Å². The van der Waals surface area contributed by atoms with Crippen LogP contribution in [0.5, 0.6) is 0 Å². The monoisotopic (exact) mass is 346 g/mol. The lowest BCUT2D eigenvalue weighted by Crippen LogP contribution is -2.06. The number of nitrogens with zero attached hydrogens (tertiary/aromatic N) is 3. The predicted octanol–water partition coefficient (Wildman–Crippen LogP) is 4.64. The van der Waals surface area contributed by atoms with Gasteiger partial charge in [0.1, 0.15) is 11.1 Å². The van der Waals surface area contributed by atoms with Gasteiger partial charge in [0, 0.05) is 29.7 Å². The van der Waals surface area contributed by atoms with E-state index in [0.717, 1.165) is 18.0 Å². The Bertz CT molecular complexity index is 917. The Morgan fingerprint density at radius 3 is 2.58 bits per heavy atom. The maximum absolute atomic E-state index is 13.1. The molecule has 0 bridgehead atoms. The average Bonchev–Trinajstić information content (AvgIpc) is 2.59. The Balaban J connectivity index is 1.91. The van der Waals surface area contributed by atoms with E-state index in [9.17, 15) is 13.2 Å². The number of nitrogens with one attached hydrogen (secondary N) is 1. The quantitative estimate of drug-likeness (QED) is 0.700. The van der Waals surface area contributed by atoms with Gasteiger partial charge in [-0.2, -0.15) is 18.4 Å². The van der Waals surface area contributed by atoms with Crippen molar-refractivity contribution in [2.75, 3.05) is 4.72 Å². The van der Waals surface area contributed by atoms with Gasteiger partial charge in [-0.25, -0.2) is 4.98 Å². The fourth-order valence-electron chi connectivity index (χ4n) is 2.12. The summed E-state index contributed by atoms with van der Waals surface area (Å²) >= 11 is 1.13. The van der Waals surface area contributed by atoms with Crippen molar-refractivity contribution in [3.8, 4) is 6.07 Å². The van der Waals surface area contributed by atoms with Crippen LogP contribution in [0.25, 0.3) is 10.9 Å². The molecule has 2 heterocycles. The fourth-order valence-corrected chi connectivity index (χ4v) is 2.74. The number of hydrogen-bond donors (Lipinski definition) is 1. The molecule has 3 rings (SSSR count). The van der Waals surface area contributed by atoms with Gasteiger partial charge in [-0.05, 0) is 30.3 Å². The van der Waals surface area contributed by atoms with Crippen LogP contribution < -0.4 is 4.72 Å². The van der Waals surface area contributed by atoms with Crippen LogP contribution in [0, 0.1) is 11.3 Å². The summed E-state index contributed by atoms with van der Waals surface area (Å²) in [6, 6.07) is 10.5. The number of pyridine rings is 2. The molecule has 8 heteroatoms. The second-order valence-electron chi connectivity index (χ2n) is 4.76. The molecule has 24 heavy (non-hydrogen) atoms. The fraction of sp³-hybridized carbons (Fsp3) is 0.0625. The van der Waals surface area contributed by atoms with Gasteiger partial charge in [-0.3, -0.25) is 4.98 Å². The number of hydrogen-bond acceptors (Lipinski definition) is 5. The van der Waals surface area contributed by atoms with Crippen LogP contribution in [0.4, 0.5) is 18.9 Å². The Morgan fingerprint density at radius 1 is 1.08 bits per heavy atom. The third-order valence-electron chi connectivity index (χ3n) is 3.21. The highest BCUT2D eigenvalue weighted by Gasteiger charge is 2.33. The van der Waals surface area contributed by atoms with Crippen molar-refractivity contribution < 1.29 is 13.2 Å². The Labute approximate surface area is 139 Å². The summed E-state index contributed by atoms with van der Waals surface area (Å²) < 4.78 is 42.2. The number of benzene rings is 1. The molecule has 0 spiro atoms. The largest absolute Gasteiger partial charge is 0.417 e. The van der Waals surface area contributed by atoms with E-state index < -0.39 is 11.7 Å². The van der Waals surface area contributed by atoms with Crippen LogP contribution in [0.15, 0.2) is 53.8 Å². The summed E-state index contributed by atoms with van der Waals surface area (Å²) in [4.78, 5) is 8.13. The zero-order chi connectivity index (χ0) is 17.2. The van der Waals surface area contributed by atoms with Crippen molar-refractivity contribution in [1.82, 2.24) is 9.97 Å². The van der Waals surface area contributed by atoms with E-state index in [1.165, 1.54) is 30.6 Å². The molecule has 0 unspecified atom stereocenters. The first kappa shape index (κ1) is 16.1. The van der Waals surface area contributed by atoms with Crippen LogP contribution in [-0.2, 0) is 6.18 Å². The van der Waals surface area contributed by atoms with Crippen LogP contribution in [0.2, 0.25) is 0 Å². The molecule has 0 radical (unpaired) electrons. The molecule has 1 aromatic carbocycles. The van der Waals surface area contributed by atoms with E-state index >= 15 is 0 Å². The first-order valence-electron chi connectivity index (χ1n) is 6.73. The number of anilines is 1. The molecule has 0 fully saturated rings. The van der Waals surface area contributed by atoms with Crippen molar-refractivity contribution in [2.45, 2.75) is 11.2 Å². The lowest BCUT2D eigenvalue weighted by molar-refractivity contribution is -0.136. The molecule has 0 saturated heterocycles. The summed E-state index contributed by atoms with van der Waals surface area (Å²) in [5.41, 5.74) is 0.391. The minimum Gasteiger partial charge on any atom is -0.322 e. The van der Waals surface area contributed by atoms with Gasteiger partial charge in [0.2, 0.25) is 0 Å². The van der Waals surface area contributed by atoms with Gasteiger partial charge in [0.05, 0.1) is 22.3 Å². The molecule has 0 atom stereocenters. The lowest BCUT2D eigenvalue weighted by Gasteiger charge is -2.13. The molecule has 0 aliphatic rings. The zero-order valence-electron chi connectivity index (χ0n) is 12.0. The van der Waals surface area contributed by atoms with Gasteiger partial charge in [-0.15, -0.1) is 0 Å². The number of aromatic nitrogens is 2. The van der Waals surface area contributed by atoms with E-state index in [2.05, 4.69) is 14.7 Å². The number of alkyl halides is 3. The van der Waals surface area contributed by atoms with Gasteiger partial charge < -0.3 is 4.72 Å². The van der Waals surface area contributed by atoms with Gasteiger partial charge >= 0.3 is 6.18 Å². The summed E-state index contributed by atoms with van der Waals surface area (Å²) in [5.74, 6) is 0. The molecule has 1 N–H and O–H groups in total. The van der Waals surface area contributed by atoms with E-state index in [1.54, 1.807) is 12.1 Å². The lowest BCUT2D eigenvalue weighted by atomic mass is 10.1. The van der Waals surface area contributed by atoms with Crippen molar-refractivity contribution >= 4 is 28.5 Å². The molecule has 0 aliphatic heterocycles. The van der Waals surface area contributed by atoms with E-state index in [0.29, 0.717) is 16.3 Å². The van der Waals surface area contributed by atoms with E-state index in [-0.39, 0.29) is 10.9 Å². The zero-order valence-corrected chi connectivity index (χ0v) is 12.8. The van der Waals surface area contributed by atoms with E-state index in [1.807, 2.05) is 6.07 Å². The van der Waals surface area contributed by atoms with Gasteiger partial charge in [0.25, 0.3) is 0 Å². The van der Waals surface area contributed by atoms with Crippen LogP contribution >= 0.6 is 11.9 Å². The average molecular weight is 346 g/mol. The minimum absolute atomic E-state index is 0.0309. The Hall–Kier alpha value is -2.79. The highest BCUT2D eigenvalue weighted by Crippen LogP contribution is 2.37. The van der Waals surface area contributed by atoms with Crippen molar-refractivity contribution in [1.29, 1.82) is 5.26 Å². The first-order chi connectivity index (χ1) is 11.5. The topological polar surface area (TPSA) is 61.6 Å². The summed E-state index contributed by atoms with van der Waals surface area (Å²) in [7, 11) is 0. The molecular formula is C16H9F3N4S. The summed E-state index contributed by atoms with van der Waals surface area (Å²) in [6.07, 6.45) is -1.58. The number of rotatable bonds is 3. The van der Waals surface area contributed by atoms with Crippen molar-refractivity contribution in [3.63, 3.8) is 0 Å². The SMILES string of the molecule is N#Cc1ccc(SNc2ccc(C(F)(F)F)c3cccnc23)nc1. The molecule has 3 aromatic rings. The van der Waals surface area contributed by atoms with E-state index in [4.69, 9.17) is 5.26 Å². The predicted molar refractivity (Wildman–Crippen MR) is 85.2 cm³/mol. The first-order valence-corrected chi connectivity index (χ1v) is 7.54. The second-order valence-corrected chi connectivity index (χ2v) is 5.59. The molecule has 0 saturated carbocycles. The van der Waals surface area contributed by atoms with Gasteiger partial charge in [-0.1, -0.05) is 6.07 Å². The number of halogens is 3. The number of nitriles is 1. The van der Waals surface area contributed by atoms with Crippen LogP contribution in [0.3, 0.4) is 0 Å². The van der Waals surface area contributed by atoms with Crippen LogP contribution in [-0.4, -0.2) is 9.97 Å². The molecule has 120 valence electrons. The third kappa shape index (κ3) is 3.26. The molecule has 0 amide bonds. The van der Waals surface area contributed by atoms with Gasteiger partial charge in [0.15, 0.2) is 0 Å². The normalized spacial score (nSPS) is 11.2. The summed E-state index contributed by atoms with van der Waals surface area (Å²) in [5, 5.41) is 9.35. The highest BCUT2D eigenvalue weighted by atomic mass is 32.2. The molecular weight excluding hydrogens is 337 g/mol. The highest BCUT2D eigenvalue weighted by molar-refractivity contribution is 8.00. The smallest absolute Gasteiger partial charge is 0.322 e. The third-order valence-corrected chi connectivity index (χ3v) is 3.98. The standard InChI is InChI=1S/C16H9F3N4S/c17-16(18,19)12-4-5-13(15-11(12)2-1-7-21-15)23-24-14-6-3-10(8-20)9-22-14/h1-7,9,23H. The minimum atomic E-state index is -4.44.